The fourth-order valence-electron chi connectivity index (χ4n) is 3.78. The van der Waals surface area contributed by atoms with Gasteiger partial charge < -0.3 is 0 Å². The third-order valence-electron chi connectivity index (χ3n) is 5.57. The van der Waals surface area contributed by atoms with Crippen molar-refractivity contribution in [1.29, 1.82) is 0 Å². The number of pyridine rings is 1. The highest BCUT2D eigenvalue weighted by molar-refractivity contribution is 5.09. The number of unbranched alkanes of at least 4 members (excludes halogenated alkanes) is 17. The minimum atomic E-state index is 1.22. The second-order valence-corrected chi connectivity index (χ2v) is 8.12. The summed E-state index contributed by atoms with van der Waals surface area (Å²) in [6.45, 7) is 2.30. The lowest BCUT2D eigenvalue weighted by atomic mass is 10.0. The van der Waals surface area contributed by atoms with Gasteiger partial charge in [0.25, 0.3) is 0 Å². The van der Waals surface area contributed by atoms with Crippen molar-refractivity contribution < 1.29 is 0 Å². The van der Waals surface area contributed by atoms with Crippen LogP contribution in [0.15, 0.2) is 24.5 Å². The van der Waals surface area contributed by atoms with Crippen LogP contribution in [-0.4, -0.2) is 4.98 Å². The standard InChI is InChI=1S/C25H45N/c1-2-3-4-5-6-7-8-9-10-11-12-13-14-15-16-17-18-19-20-25-21-23-26-24-22-25/h21-24H,2-20H2,1H3. The first-order valence-corrected chi connectivity index (χ1v) is 11.8. The molecule has 1 aromatic heterocycles. The maximum Gasteiger partial charge on any atom is 0.0270 e. The van der Waals surface area contributed by atoms with Gasteiger partial charge in [0, 0.05) is 12.4 Å². The van der Waals surface area contributed by atoms with E-state index >= 15 is 0 Å². The number of hydrogen-bond acceptors (Lipinski definition) is 1. The van der Waals surface area contributed by atoms with E-state index < -0.39 is 0 Å². The highest BCUT2D eigenvalue weighted by Crippen LogP contribution is 2.14. The molecule has 0 spiro atoms. The van der Waals surface area contributed by atoms with E-state index in [1.165, 1.54) is 128 Å². The van der Waals surface area contributed by atoms with Gasteiger partial charge in [-0.05, 0) is 30.5 Å². The van der Waals surface area contributed by atoms with E-state index in [1.807, 2.05) is 12.4 Å². The Labute approximate surface area is 164 Å². The van der Waals surface area contributed by atoms with Gasteiger partial charge in [0.05, 0.1) is 0 Å². The molecule has 0 atom stereocenters. The van der Waals surface area contributed by atoms with Crippen LogP contribution in [0, 0.1) is 0 Å². The number of aryl methyl sites for hydroxylation is 1. The average molecular weight is 360 g/mol. The molecular weight excluding hydrogens is 314 g/mol. The first-order valence-electron chi connectivity index (χ1n) is 11.8. The smallest absolute Gasteiger partial charge is 0.0270 e. The summed E-state index contributed by atoms with van der Waals surface area (Å²) in [5, 5.41) is 0. The molecule has 26 heavy (non-hydrogen) atoms. The highest BCUT2D eigenvalue weighted by Gasteiger charge is 1.96. The molecule has 0 N–H and O–H groups in total. The van der Waals surface area contributed by atoms with E-state index in [4.69, 9.17) is 0 Å². The first kappa shape index (κ1) is 23.2. The number of hydrogen-bond donors (Lipinski definition) is 0. The highest BCUT2D eigenvalue weighted by atomic mass is 14.6. The second-order valence-electron chi connectivity index (χ2n) is 8.12. The predicted octanol–water partition coefficient (Wildman–Crippen LogP) is 8.67. The first-order chi connectivity index (χ1) is 12.9. The molecule has 0 bridgehead atoms. The maximum absolute atomic E-state index is 4.08. The van der Waals surface area contributed by atoms with Crippen molar-refractivity contribution in [1.82, 2.24) is 4.98 Å². The summed E-state index contributed by atoms with van der Waals surface area (Å²) < 4.78 is 0. The maximum atomic E-state index is 4.08. The number of nitrogens with zero attached hydrogens (tertiary/aromatic N) is 1. The van der Waals surface area contributed by atoms with Gasteiger partial charge in [0.2, 0.25) is 0 Å². The van der Waals surface area contributed by atoms with E-state index in [2.05, 4.69) is 24.0 Å². The van der Waals surface area contributed by atoms with Crippen LogP contribution in [0.5, 0.6) is 0 Å². The topological polar surface area (TPSA) is 12.9 Å². The molecule has 0 aromatic carbocycles. The van der Waals surface area contributed by atoms with E-state index in [9.17, 15) is 0 Å². The van der Waals surface area contributed by atoms with Crippen molar-refractivity contribution in [3.05, 3.63) is 30.1 Å². The van der Waals surface area contributed by atoms with Crippen molar-refractivity contribution in [3.8, 4) is 0 Å². The SMILES string of the molecule is CCCCCCCCCCCCCCCCCCCCc1ccncc1. The van der Waals surface area contributed by atoms with Gasteiger partial charge in [0.15, 0.2) is 0 Å². The quantitative estimate of drug-likeness (QED) is 0.225. The molecule has 0 unspecified atom stereocenters. The fourth-order valence-corrected chi connectivity index (χ4v) is 3.78. The normalized spacial score (nSPS) is 11.1. The van der Waals surface area contributed by atoms with Crippen molar-refractivity contribution in [2.75, 3.05) is 0 Å². The van der Waals surface area contributed by atoms with Crippen molar-refractivity contribution in [3.63, 3.8) is 0 Å². The molecule has 1 heteroatoms. The van der Waals surface area contributed by atoms with Crippen LogP contribution in [0.4, 0.5) is 0 Å². The predicted molar refractivity (Wildman–Crippen MR) is 117 cm³/mol. The van der Waals surface area contributed by atoms with E-state index in [0.717, 1.165) is 0 Å². The monoisotopic (exact) mass is 359 g/mol. The Kier molecular flexibility index (Phi) is 16.9. The average Bonchev–Trinajstić information content (AvgIpc) is 2.68. The minimum absolute atomic E-state index is 1.22. The van der Waals surface area contributed by atoms with Gasteiger partial charge in [0.1, 0.15) is 0 Å². The van der Waals surface area contributed by atoms with E-state index in [-0.39, 0.29) is 0 Å². The van der Waals surface area contributed by atoms with Crippen LogP contribution in [0.3, 0.4) is 0 Å². The summed E-state index contributed by atoms with van der Waals surface area (Å²) in [7, 11) is 0. The van der Waals surface area contributed by atoms with Gasteiger partial charge in [-0.1, -0.05) is 116 Å². The van der Waals surface area contributed by atoms with Crippen LogP contribution in [0.2, 0.25) is 0 Å². The molecular formula is C25H45N. The Morgan fingerprint density at radius 2 is 0.846 bits per heavy atom. The largest absolute Gasteiger partial charge is 0.265 e. The van der Waals surface area contributed by atoms with Crippen molar-refractivity contribution in [2.24, 2.45) is 0 Å². The van der Waals surface area contributed by atoms with Crippen molar-refractivity contribution in [2.45, 2.75) is 129 Å². The zero-order valence-corrected chi connectivity index (χ0v) is 17.7. The van der Waals surface area contributed by atoms with E-state index in [0.29, 0.717) is 0 Å². The Morgan fingerprint density at radius 1 is 0.500 bits per heavy atom. The molecule has 1 aromatic rings. The molecule has 0 saturated carbocycles. The zero-order chi connectivity index (χ0) is 18.5. The van der Waals surface area contributed by atoms with Crippen LogP contribution >= 0.6 is 0 Å². The van der Waals surface area contributed by atoms with Gasteiger partial charge in [-0.25, -0.2) is 0 Å². The molecule has 1 nitrogen and oxygen atoms in total. The molecule has 0 radical (unpaired) electrons. The lowest BCUT2D eigenvalue weighted by molar-refractivity contribution is 0.525. The summed E-state index contributed by atoms with van der Waals surface area (Å²) >= 11 is 0. The Balaban J connectivity index is 1.68. The molecule has 150 valence electrons. The molecule has 0 amide bonds. The van der Waals surface area contributed by atoms with Crippen LogP contribution in [0.1, 0.15) is 128 Å². The number of aromatic nitrogens is 1. The van der Waals surface area contributed by atoms with E-state index in [1.54, 1.807) is 0 Å². The van der Waals surface area contributed by atoms with Gasteiger partial charge in [-0.3, -0.25) is 4.98 Å². The third kappa shape index (κ3) is 15.4. The molecule has 0 aliphatic heterocycles. The summed E-state index contributed by atoms with van der Waals surface area (Å²) in [5.41, 5.74) is 1.44. The molecule has 0 fully saturated rings. The minimum Gasteiger partial charge on any atom is -0.265 e. The number of rotatable bonds is 19. The van der Waals surface area contributed by atoms with Crippen LogP contribution in [0.25, 0.3) is 0 Å². The summed E-state index contributed by atoms with van der Waals surface area (Å²) in [6, 6.07) is 4.29. The van der Waals surface area contributed by atoms with Gasteiger partial charge in [-0.15, -0.1) is 0 Å². The molecule has 0 aliphatic rings. The van der Waals surface area contributed by atoms with Gasteiger partial charge >= 0.3 is 0 Å². The summed E-state index contributed by atoms with van der Waals surface area (Å²) in [6.07, 6.45) is 31.1. The van der Waals surface area contributed by atoms with Crippen LogP contribution in [-0.2, 0) is 6.42 Å². The molecule has 0 aliphatic carbocycles. The van der Waals surface area contributed by atoms with Crippen LogP contribution < -0.4 is 0 Å². The summed E-state index contributed by atoms with van der Waals surface area (Å²) in [5.74, 6) is 0. The zero-order valence-electron chi connectivity index (χ0n) is 17.7. The summed E-state index contributed by atoms with van der Waals surface area (Å²) in [4.78, 5) is 4.08. The second kappa shape index (κ2) is 18.9. The molecule has 0 saturated heterocycles. The Bertz CT molecular complexity index is 373. The third-order valence-corrected chi connectivity index (χ3v) is 5.57. The van der Waals surface area contributed by atoms with Crippen molar-refractivity contribution >= 4 is 0 Å². The van der Waals surface area contributed by atoms with Gasteiger partial charge in [-0.2, -0.15) is 0 Å². The lowest BCUT2D eigenvalue weighted by Crippen LogP contribution is -1.87. The Hall–Kier alpha value is -0.850. The molecule has 1 heterocycles. The Morgan fingerprint density at radius 3 is 1.23 bits per heavy atom. The molecule has 1 rings (SSSR count). The lowest BCUT2D eigenvalue weighted by Gasteiger charge is -2.04. The fraction of sp³-hybridized carbons (Fsp3) is 0.800.